The lowest BCUT2D eigenvalue weighted by atomic mass is 10.3. The van der Waals surface area contributed by atoms with E-state index in [0.717, 1.165) is 44.2 Å². The van der Waals surface area contributed by atoms with Gasteiger partial charge in [-0.3, -0.25) is 9.36 Å². The fourth-order valence-corrected chi connectivity index (χ4v) is 2.57. The number of hydrogen-bond acceptors (Lipinski definition) is 3. The number of alkyl halides is 6. The van der Waals surface area contributed by atoms with E-state index < -0.39 is 29.2 Å². The van der Waals surface area contributed by atoms with Crippen LogP contribution in [-0.4, -0.2) is 23.6 Å². The quantitative estimate of drug-likeness (QED) is 0.472. The van der Waals surface area contributed by atoms with Gasteiger partial charge in [0.25, 0.3) is 5.56 Å². The predicted octanol–water partition coefficient (Wildman–Crippen LogP) is 3.17. The summed E-state index contributed by atoms with van der Waals surface area (Å²) in [6, 6.07) is 2.55. The van der Waals surface area contributed by atoms with Gasteiger partial charge in [0, 0.05) is 24.7 Å². The molecule has 0 aromatic carbocycles. The lowest BCUT2D eigenvalue weighted by Gasteiger charge is -2.05. The number of fused-ring (bicyclic) bond motifs is 2. The zero-order chi connectivity index (χ0) is 19.6. The maximum Gasteiger partial charge on any atom is 0.435 e. The first-order valence-corrected chi connectivity index (χ1v) is 7.28. The van der Waals surface area contributed by atoms with Gasteiger partial charge in [-0.25, -0.2) is 9.50 Å². The largest absolute Gasteiger partial charge is 0.435 e. The van der Waals surface area contributed by atoms with E-state index in [9.17, 15) is 31.1 Å². The Labute approximate surface area is 144 Å². The highest BCUT2D eigenvalue weighted by molar-refractivity contribution is 5.50. The van der Waals surface area contributed by atoms with E-state index in [0.29, 0.717) is 6.07 Å². The Morgan fingerprint density at radius 3 is 2.33 bits per heavy atom. The molecule has 0 fully saturated rings. The lowest BCUT2D eigenvalue weighted by Crippen LogP contribution is -2.19. The van der Waals surface area contributed by atoms with Crippen LogP contribution in [0.1, 0.15) is 11.3 Å². The number of nitrogens with zero attached hydrogens (tertiary/aromatic N) is 5. The summed E-state index contributed by atoms with van der Waals surface area (Å²) in [5.41, 5.74) is -3.21. The Morgan fingerprint density at radius 1 is 0.926 bits per heavy atom. The zero-order valence-corrected chi connectivity index (χ0v) is 13.0. The van der Waals surface area contributed by atoms with Crippen LogP contribution in [-0.2, 0) is 12.4 Å². The van der Waals surface area contributed by atoms with Crippen molar-refractivity contribution in [3.8, 4) is 5.82 Å². The molecule has 27 heavy (non-hydrogen) atoms. The van der Waals surface area contributed by atoms with Crippen LogP contribution in [0.2, 0.25) is 0 Å². The molecule has 0 unspecified atom stereocenters. The first kappa shape index (κ1) is 17.1. The van der Waals surface area contributed by atoms with E-state index in [1.807, 2.05) is 0 Å². The monoisotopic (exact) mass is 387 g/mol. The maximum absolute atomic E-state index is 12.8. The minimum absolute atomic E-state index is 0.0448. The molecule has 0 spiro atoms. The Kier molecular flexibility index (Phi) is 3.39. The van der Waals surface area contributed by atoms with Gasteiger partial charge >= 0.3 is 12.4 Å². The first-order valence-electron chi connectivity index (χ1n) is 7.28. The van der Waals surface area contributed by atoms with Crippen molar-refractivity contribution in [1.82, 2.24) is 23.6 Å². The number of rotatable bonds is 1. The van der Waals surface area contributed by atoms with Gasteiger partial charge in [-0.15, -0.1) is 0 Å². The Morgan fingerprint density at radius 2 is 1.67 bits per heavy atom. The number of halogens is 6. The molecule has 0 saturated heterocycles. The molecule has 4 rings (SSSR count). The summed E-state index contributed by atoms with van der Waals surface area (Å²) < 4.78 is 79.4. The normalized spacial score (nSPS) is 13.0. The molecule has 4 heterocycles. The average molecular weight is 387 g/mol. The molecule has 0 aliphatic rings. The minimum Gasteiger partial charge on any atom is -0.304 e. The van der Waals surface area contributed by atoms with Crippen LogP contribution in [0.25, 0.3) is 17.0 Å². The molecule has 0 aliphatic carbocycles. The van der Waals surface area contributed by atoms with Crippen molar-refractivity contribution in [2.24, 2.45) is 0 Å². The lowest BCUT2D eigenvalue weighted by molar-refractivity contribution is -0.141. The number of imidazole rings is 1. The molecule has 0 atom stereocenters. The summed E-state index contributed by atoms with van der Waals surface area (Å²) in [7, 11) is 0. The molecule has 6 nitrogen and oxygen atoms in total. The van der Waals surface area contributed by atoms with Gasteiger partial charge < -0.3 is 4.40 Å². The van der Waals surface area contributed by atoms with Crippen LogP contribution in [0.4, 0.5) is 26.3 Å². The molecule has 0 bridgehead atoms. The number of pyridine rings is 1. The van der Waals surface area contributed by atoms with Crippen LogP contribution in [0.15, 0.2) is 47.8 Å². The van der Waals surface area contributed by atoms with Gasteiger partial charge in [0.1, 0.15) is 11.2 Å². The summed E-state index contributed by atoms with van der Waals surface area (Å²) in [4.78, 5) is 16.5. The highest BCUT2D eigenvalue weighted by Crippen LogP contribution is 2.30. The van der Waals surface area contributed by atoms with Crippen molar-refractivity contribution in [2.45, 2.75) is 12.4 Å². The van der Waals surface area contributed by atoms with E-state index in [-0.39, 0.29) is 17.0 Å². The van der Waals surface area contributed by atoms with Crippen LogP contribution in [0.3, 0.4) is 0 Å². The average Bonchev–Trinajstić information content (AvgIpc) is 3.17. The molecule has 0 amide bonds. The van der Waals surface area contributed by atoms with Crippen molar-refractivity contribution in [2.75, 3.05) is 0 Å². The third-order valence-corrected chi connectivity index (χ3v) is 3.83. The van der Waals surface area contributed by atoms with E-state index in [1.54, 1.807) is 0 Å². The molecule has 12 heteroatoms. The molecule has 0 N–H and O–H groups in total. The molecular weight excluding hydrogens is 380 g/mol. The van der Waals surface area contributed by atoms with Gasteiger partial charge in [0.05, 0.1) is 11.8 Å². The Bertz CT molecular complexity index is 1230. The number of hydrogen-bond donors (Lipinski definition) is 0. The van der Waals surface area contributed by atoms with Crippen molar-refractivity contribution in [3.05, 3.63) is 64.6 Å². The summed E-state index contributed by atoms with van der Waals surface area (Å²) in [6.45, 7) is 0. The second-order valence-corrected chi connectivity index (χ2v) is 5.61. The van der Waals surface area contributed by atoms with Crippen LogP contribution < -0.4 is 5.56 Å². The Balaban J connectivity index is 1.86. The van der Waals surface area contributed by atoms with E-state index in [4.69, 9.17) is 0 Å². The van der Waals surface area contributed by atoms with E-state index in [2.05, 4.69) is 10.1 Å². The smallest absolute Gasteiger partial charge is 0.304 e. The summed E-state index contributed by atoms with van der Waals surface area (Å²) in [6.07, 6.45) is -5.05. The fourth-order valence-electron chi connectivity index (χ4n) is 2.57. The van der Waals surface area contributed by atoms with Gasteiger partial charge in [0.2, 0.25) is 0 Å². The van der Waals surface area contributed by atoms with Crippen molar-refractivity contribution >= 4 is 11.2 Å². The SMILES string of the molecule is O=c1c2cc(C(F)(F)F)nn2ccn1-c1cn2cc(C(F)(F)F)ccc2n1. The maximum atomic E-state index is 12.8. The topological polar surface area (TPSA) is 56.6 Å². The van der Waals surface area contributed by atoms with E-state index in [1.165, 1.54) is 6.20 Å². The zero-order valence-electron chi connectivity index (χ0n) is 13.0. The summed E-state index contributed by atoms with van der Waals surface area (Å²) in [5, 5.41) is 3.29. The second-order valence-electron chi connectivity index (χ2n) is 5.61. The Hall–Kier alpha value is -3.31. The third kappa shape index (κ3) is 2.82. The van der Waals surface area contributed by atoms with Gasteiger partial charge in [-0.2, -0.15) is 31.4 Å². The van der Waals surface area contributed by atoms with Gasteiger partial charge in [-0.05, 0) is 12.1 Å². The number of aromatic nitrogens is 5. The van der Waals surface area contributed by atoms with Gasteiger partial charge in [-0.1, -0.05) is 0 Å². The molecule has 140 valence electrons. The molecule has 0 aliphatic heterocycles. The molecule has 4 aromatic heterocycles. The molecule has 0 radical (unpaired) electrons. The van der Waals surface area contributed by atoms with Gasteiger partial charge in [0.15, 0.2) is 11.5 Å². The third-order valence-electron chi connectivity index (χ3n) is 3.83. The van der Waals surface area contributed by atoms with Crippen molar-refractivity contribution in [3.63, 3.8) is 0 Å². The molecule has 4 aromatic rings. The highest BCUT2D eigenvalue weighted by Gasteiger charge is 2.34. The second kappa shape index (κ2) is 5.34. The fraction of sp³-hybridized carbons (Fsp3) is 0.133. The molecular formula is C15H7F6N5O. The minimum atomic E-state index is -4.72. The summed E-state index contributed by atoms with van der Waals surface area (Å²) in [5.74, 6) is -0.0448. The van der Waals surface area contributed by atoms with Crippen LogP contribution in [0.5, 0.6) is 0 Å². The highest BCUT2D eigenvalue weighted by atomic mass is 19.4. The first-order chi connectivity index (χ1) is 12.5. The van der Waals surface area contributed by atoms with E-state index >= 15 is 0 Å². The van der Waals surface area contributed by atoms with Crippen LogP contribution >= 0.6 is 0 Å². The predicted molar refractivity (Wildman–Crippen MR) is 79.5 cm³/mol. The van der Waals surface area contributed by atoms with Crippen LogP contribution in [0, 0.1) is 0 Å². The van der Waals surface area contributed by atoms with Crippen molar-refractivity contribution < 1.29 is 26.3 Å². The standard InChI is InChI=1S/C15H7F6N5O/c16-14(17,18)8-1-2-11-22-12(7-24(11)6-8)25-3-4-26-9(13(25)27)5-10(23-26)15(19,20)21/h1-7H. The molecule has 0 saturated carbocycles. The van der Waals surface area contributed by atoms with Crippen molar-refractivity contribution in [1.29, 1.82) is 0 Å². The summed E-state index contributed by atoms with van der Waals surface area (Å²) >= 11 is 0.